The Morgan fingerprint density at radius 1 is 1.35 bits per heavy atom. The van der Waals surface area contributed by atoms with Crippen molar-refractivity contribution in [3.05, 3.63) is 48.5 Å². The zero-order valence-corrected chi connectivity index (χ0v) is 14.4. The smallest absolute Gasteiger partial charge is 0.252 e. The second-order valence-electron chi connectivity index (χ2n) is 3.96. The Morgan fingerprint density at radius 3 is 2.70 bits per heavy atom. The molecule has 1 aromatic heterocycles. The fraction of sp³-hybridized carbons (Fsp3) is 0.154. The Bertz CT molecular complexity index is 626. The van der Waals surface area contributed by atoms with Gasteiger partial charge in [-0.2, -0.15) is 0 Å². The van der Waals surface area contributed by atoms with Crippen molar-refractivity contribution in [2.45, 2.75) is 6.54 Å². The first-order valence-corrected chi connectivity index (χ1v) is 8.07. The van der Waals surface area contributed by atoms with Crippen LogP contribution in [0, 0.1) is 0 Å². The van der Waals surface area contributed by atoms with Gasteiger partial charge in [0, 0.05) is 28.6 Å². The van der Waals surface area contributed by atoms with E-state index in [1.54, 1.807) is 19.2 Å². The lowest BCUT2D eigenvalue weighted by atomic mass is 10.2. The molecule has 0 saturated heterocycles. The summed E-state index contributed by atoms with van der Waals surface area (Å²) in [4.78, 5) is 12.8. The van der Waals surface area contributed by atoms with E-state index in [0.717, 1.165) is 19.4 Å². The molecule has 0 radical (unpaired) electrons. The van der Waals surface area contributed by atoms with Gasteiger partial charge in [-0.25, -0.2) is 0 Å². The van der Waals surface area contributed by atoms with Crippen LogP contribution in [0.3, 0.4) is 0 Å². The fourth-order valence-corrected chi connectivity index (χ4v) is 3.55. The predicted octanol–water partition coefficient (Wildman–Crippen LogP) is 4.79. The lowest BCUT2D eigenvalue weighted by Crippen LogP contribution is -2.18. The van der Waals surface area contributed by atoms with Crippen LogP contribution in [0.25, 0.3) is 0 Å². The van der Waals surface area contributed by atoms with Gasteiger partial charge >= 0.3 is 0 Å². The third-order valence-electron chi connectivity index (χ3n) is 2.60. The second-order valence-corrected chi connectivity index (χ2v) is 6.96. The summed E-state index contributed by atoms with van der Waals surface area (Å²) in [5, 5.41) is 6.23. The molecule has 2 rings (SSSR count). The van der Waals surface area contributed by atoms with Crippen molar-refractivity contribution in [1.29, 1.82) is 0 Å². The van der Waals surface area contributed by atoms with E-state index < -0.39 is 0 Å². The van der Waals surface area contributed by atoms with Crippen LogP contribution in [-0.4, -0.2) is 13.0 Å². The quantitative estimate of drug-likeness (QED) is 0.783. The van der Waals surface area contributed by atoms with Crippen LogP contribution in [0.1, 0.15) is 15.2 Å². The molecule has 0 aliphatic carbocycles. The van der Waals surface area contributed by atoms with Crippen molar-refractivity contribution in [1.82, 2.24) is 5.32 Å². The monoisotopic (exact) mass is 392 g/mol. The van der Waals surface area contributed by atoms with E-state index in [4.69, 9.17) is 23.2 Å². The maximum atomic E-state index is 11.7. The molecule has 0 spiro atoms. The molecule has 106 valence electrons. The molecule has 0 aliphatic heterocycles. The molecular formula is C13H11BrCl2N2OS. The zero-order chi connectivity index (χ0) is 14.7. The van der Waals surface area contributed by atoms with E-state index in [1.807, 2.05) is 12.1 Å². The van der Waals surface area contributed by atoms with Crippen LogP contribution >= 0.6 is 50.5 Å². The number of carbonyl (C=O) groups is 1. The average Bonchev–Trinajstić information content (AvgIpc) is 2.76. The normalized spacial score (nSPS) is 10.4. The minimum atomic E-state index is -0.208. The molecule has 0 aliphatic rings. The third kappa shape index (κ3) is 3.67. The number of halogens is 3. The van der Waals surface area contributed by atoms with Crippen molar-refractivity contribution in [2.24, 2.45) is 0 Å². The average molecular weight is 394 g/mol. The summed E-state index contributed by atoms with van der Waals surface area (Å²) in [6.45, 7) is 0.630. The Kier molecular flexibility index (Phi) is 5.32. The molecule has 0 unspecified atom stereocenters. The van der Waals surface area contributed by atoms with Gasteiger partial charge in [-0.15, -0.1) is 11.3 Å². The second kappa shape index (κ2) is 6.80. The molecule has 20 heavy (non-hydrogen) atoms. The van der Waals surface area contributed by atoms with Crippen molar-refractivity contribution < 1.29 is 4.79 Å². The number of anilines is 1. The summed E-state index contributed by atoms with van der Waals surface area (Å²) in [6, 6.07) is 7.23. The Morgan fingerprint density at radius 2 is 2.10 bits per heavy atom. The van der Waals surface area contributed by atoms with E-state index in [0.29, 0.717) is 17.1 Å². The highest BCUT2D eigenvalue weighted by Crippen LogP contribution is 2.32. The molecule has 2 N–H and O–H groups in total. The molecule has 7 heteroatoms. The van der Waals surface area contributed by atoms with Gasteiger partial charge in [0.05, 0.1) is 10.6 Å². The molecule has 1 heterocycles. The maximum Gasteiger partial charge on any atom is 0.252 e. The largest absolute Gasteiger partial charge is 0.380 e. The minimum Gasteiger partial charge on any atom is -0.380 e. The molecule has 0 bridgehead atoms. The van der Waals surface area contributed by atoms with Gasteiger partial charge in [-0.1, -0.05) is 23.2 Å². The highest BCUT2D eigenvalue weighted by atomic mass is 79.9. The highest BCUT2D eigenvalue weighted by Gasteiger charge is 2.10. The zero-order valence-electron chi connectivity index (χ0n) is 10.5. The number of thiophene rings is 1. The highest BCUT2D eigenvalue weighted by molar-refractivity contribution is 9.10. The van der Waals surface area contributed by atoms with E-state index in [9.17, 15) is 4.79 Å². The van der Waals surface area contributed by atoms with Crippen LogP contribution in [0.4, 0.5) is 5.69 Å². The summed E-state index contributed by atoms with van der Waals surface area (Å²) < 4.78 is 1.62. The van der Waals surface area contributed by atoms with Gasteiger partial charge < -0.3 is 10.6 Å². The lowest BCUT2D eigenvalue weighted by molar-refractivity contribution is 0.0963. The van der Waals surface area contributed by atoms with Crippen molar-refractivity contribution >= 4 is 62.1 Å². The van der Waals surface area contributed by atoms with Crippen LogP contribution in [-0.2, 0) is 6.54 Å². The number of hydrogen-bond acceptors (Lipinski definition) is 3. The third-order valence-corrected chi connectivity index (χ3v) is 5.41. The van der Waals surface area contributed by atoms with Crippen molar-refractivity contribution in [3.63, 3.8) is 0 Å². The van der Waals surface area contributed by atoms with E-state index in [2.05, 4.69) is 26.6 Å². The van der Waals surface area contributed by atoms with Gasteiger partial charge in [0.15, 0.2) is 0 Å². The number of carbonyl (C=O) groups excluding carboxylic acids is 1. The summed E-state index contributed by atoms with van der Waals surface area (Å²) in [5.74, 6) is -0.208. The first-order valence-electron chi connectivity index (χ1n) is 5.70. The van der Waals surface area contributed by atoms with E-state index in [-0.39, 0.29) is 5.91 Å². The van der Waals surface area contributed by atoms with Crippen molar-refractivity contribution in [2.75, 3.05) is 12.4 Å². The van der Waals surface area contributed by atoms with E-state index in [1.165, 1.54) is 11.3 Å². The molecule has 1 amide bonds. The molecule has 0 saturated carbocycles. The molecule has 1 aromatic carbocycles. The van der Waals surface area contributed by atoms with Crippen molar-refractivity contribution in [3.8, 4) is 0 Å². The summed E-state index contributed by atoms with van der Waals surface area (Å²) in [7, 11) is 1.57. The number of amides is 1. The number of nitrogens with one attached hydrogen (secondary N) is 2. The molecule has 0 fully saturated rings. The number of benzene rings is 1. The Hall–Kier alpha value is -0.750. The Balaban J connectivity index is 2.12. The summed E-state index contributed by atoms with van der Waals surface area (Å²) in [5.41, 5.74) is 1.28. The van der Waals surface area contributed by atoms with Crippen LogP contribution in [0.2, 0.25) is 9.36 Å². The summed E-state index contributed by atoms with van der Waals surface area (Å²) >= 11 is 16.9. The van der Waals surface area contributed by atoms with Gasteiger partial charge in [0.2, 0.25) is 0 Å². The Labute approximate surface area is 139 Å². The molecular weight excluding hydrogens is 383 g/mol. The first-order chi connectivity index (χ1) is 9.51. The van der Waals surface area contributed by atoms with Crippen LogP contribution < -0.4 is 10.6 Å². The maximum absolute atomic E-state index is 11.7. The van der Waals surface area contributed by atoms with Crippen LogP contribution in [0.5, 0.6) is 0 Å². The molecule has 3 nitrogen and oxygen atoms in total. The topological polar surface area (TPSA) is 41.1 Å². The minimum absolute atomic E-state index is 0.208. The van der Waals surface area contributed by atoms with Gasteiger partial charge in [-0.05, 0) is 40.2 Å². The standard InChI is InChI=1S/C13H11BrCl2N2OS/c1-17-13(19)9-4-7(2-3-11(9)15)18-6-8-5-10(14)12(16)20-8/h2-5,18H,6H2,1H3,(H,17,19). The lowest BCUT2D eigenvalue weighted by Gasteiger charge is -2.08. The van der Waals surface area contributed by atoms with Gasteiger partial charge in [0.25, 0.3) is 5.91 Å². The molecule has 2 aromatic rings. The van der Waals surface area contributed by atoms with Gasteiger partial charge in [0.1, 0.15) is 4.34 Å². The number of hydrogen-bond donors (Lipinski definition) is 2. The first kappa shape index (κ1) is 15.6. The number of rotatable bonds is 4. The van der Waals surface area contributed by atoms with E-state index >= 15 is 0 Å². The predicted molar refractivity (Wildman–Crippen MR) is 89.2 cm³/mol. The molecule has 0 atom stereocenters. The fourth-order valence-electron chi connectivity index (χ4n) is 1.61. The van der Waals surface area contributed by atoms with Gasteiger partial charge in [-0.3, -0.25) is 4.79 Å². The summed E-state index contributed by atoms with van der Waals surface area (Å²) in [6.07, 6.45) is 0. The SMILES string of the molecule is CNC(=O)c1cc(NCc2cc(Br)c(Cl)s2)ccc1Cl. The van der Waals surface area contributed by atoms with Crippen LogP contribution in [0.15, 0.2) is 28.7 Å².